The summed E-state index contributed by atoms with van der Waals surface area (Å²) in [5.74, 6) is 0.715. The summed E-state index contributed by atoms with van der Waals surface area (Å²) in [5.41, 5.74) is 1.03. The van der Waals surface area contributed by atoms with Crippen LogP contribution in [0.15, 0.2) is 36.9 Å². The first-order chi connectivity index (χ1) is 10.3. The van der Waals surface area contributed by atoms with Crippen LogP contribution in [-0.4, -0.2) is 12.4 Å². The van der Waals surface area contributed by atoms with Gasteiger partial charge in [-0.15, -0.1) is 0 Å². The van der Waals surface area contributed by atoms with Gasteiger partial charge >= 0.3 is 0 Å². The largest absolute Gasteiger partial charge is 0.465 e. The lowest BCUT2D eigenvalue weighted by atomic mass is 10.0. The van der Waals surface area contributed by atoms with Crippen molar-refractivity contribution in [2.24, 2.45) is 0 Å². The SMILES string of the molecule is C=C(O[C@@H]1CCC[C@H](CCCCCC)O1)c1ccccc1. The van der Waals surface area contributed by atoms with E-state index >= 15 is 0 Å². The molecule has 2 atom stereocenters. The standard InChI is InChI=1S/C19H28O2/c1-3-4-5-9-13-18-14-10-15-19(21-18)20-16(2)17-11-7-6-8-12-17/h6-8,11-12,18-19H,2-5,9-10,13-15H2,1H3/t18-,19-/m0/s1. The average Bonchev–Trinajstić information content (AvgIpc) is 2.53. The Bertz CT molecular complexity index is 413. The van der Waals surface area contributed by atoms with Crippen molar-refractivity contribution in [3.8, 4) is 0 Å². The van der Waals surface area contributed by atoms with Crippen molar-refractivity contribution < 1.29 is 9.47 Å². The molecular weight excluding hydrogens is 260 g/mol. The van der Waals surface area contributed by atoms with Gasteiger partial charge in [-0.3, -0.25) is 0 Å². The van der Waals surface area contributed by atoms with Gasteiger partial charge in [0, 0.05) is 12.0 Å². The quantitative estimate of drug-likeness (QED) is 0.462. The van der Waals surface area contributed by atoms with E-state index < -0.39 is 0 Å². The summed E-state index contributed by atoms with van der Waals surface area (Å²) in [6, 6.07) is 10.0. The number of rotatable bonds is 8. The second kappa shape index (κ2) is 8.89. The number of hydrogen-bond acceptors (Lipinski definition) is 2. The molecule has 0 radical (unpaired) electrons. The normalized spacial score (nSPS) is 22.0. The van der Waals surface area contributed by atoms with Crippen LogP contribution in [0, 0.1) is 0 Å². The lowest BCUT2D eigenvalue weighted by Crippen LogP contribution is -2.29. The summed E-state index contributed by atoms with van der Waals surface area (Å²) in [7, 11) is 0. The molecule has 1 heterocycles. The second-order valence-corrected chi connectivity index (χ2v) is 5.87. The highest BCUT2D eigenvalue weighted by atomic mass is 16.7. The number of unbranched alkanes of at least 4 members (excludes halogenated alkanes) is 3. The zero-order chi connectivity index (χ0) is 14.9. The molecular formula is C19H28O2. The van der Waals surface area contributed by atoms with Crippen LogP contribution in [0.2, 0.25) is 0 Å². The van der Waals surface area contributed by atoms with E-state index in [1.807, 2.05) is 30.3 Å². The van der Waals surface area contributed by atoms with Crippen molar-refractivity contribution in [2.75, 3.05) is 0 Å². The van der Waals surface area contributed by atoms with Crippen LogP contribution >= 0.6 is 0 Å². The highest BCUT2D eigenvalue weighted by molar-refractivity contribution is 5.57. The van der Waals surface area contributed by atoms with E-state index in [9.17, 15) is 0 Å². The van der Waals surface area contributed by atoms with Crippen LogP contribution in [0.5, 0.6) is 0 Å². The van der Waals surface area contributed by atoms with E-state index in [-0.39, 0.29) is 6.29 Å². The predicted molar refractivity (Wildman–Crippen MR) is 87.8 cm³/mol. The fourth-order valence-electron chi connectivity index (χ4n) is 2.81. The van der Waals surface area contributed by atoms with Crippen LogP contribution < -0.4 is 0 Å². The number of ether oxygens (including phenoxy) is 2. The van der Waals surface area contributed by atoms with Gasteiger partial charge in [0.25, 0.3) is 0 Å². The Hall–Kier alpha value is -1.28. The molecule has 0 saturated carbocycles. The van der Waals surface area contributed by atoms with E-state index in [2.05, 4.69) is 13.5 Å². The van der Waals surface area contributed by atoms with Gasteiger partial charge in [-0.05, 0) is 19.3 Å². The first-order valence-corrected chi connectivity index (χ1v) is 8.36. The van der Waals surface area contributed by atoms with Crippen LogP contribution in [0.3, 0.4) is 0 Å². The van der Waals surface area contributed by atoms with Crippen molar-refractivity contribution in [1.82, 2.24) is 0 Å². The zero-order valence-corrected chi connectivity index (χ0v) is 13.2. The molecule has 1 aromatic carbocycles. The molecule has 2 nitrogen and oxygen atoms in total. The molecule has 0 unspecified atom stereocenters. The Morgan fingerprint density at radius 2 is 2.00 bits per heavy atom. The third-order valence-electron chi connectivity index (χ3n) is 4.06. The fraction of sp³-hybridized carbons (Fsp3) is 0.579. The van der Waals surface area contributed by atoms with E-state index in [0.29, 0.717) is 11.9 Å². The molecule has 1 saturated heterocycles. The Labute approximate surface area is 129 Å². The van der Waals surface area contributed by atoms with Gasteiger partial charge in [-0.2, -0.15) is 0 Å². The summed E-state index contributed by atoms with van der Waals surface area (Å²) in [6.07, 6.45) is 9.94. The molecule has 2 rings (SSSR count). The second-order valence-electron chi connectivity index (χ2n) is 5.87. The van der Waals surface area contributed by atoms with Crippen molar-refractivity contribution in [3.05, 3.63) is 42.5 Å². The summed E-state index contributed by atoms with van der Waals surface area (Å²) in [4.78, 5) is 0. The zero-order valence-electron chi connectivity index (χ0n) is 13.2. The number of hydrogen-bond donors (Lipinski definition) is 0. The highest BCUT2D eigenvalue weighted by Gasteiger charge is 2.23. The molecule has 1 aliphatic heterocycles. The Morgan fingerprint density at radius 1 is 1.19 bits per heavy atom. The first kappa shape index (κ1) is 16.1. The summed E-state index contributed by atoms with van der Waals surface area (Å²) in [5, 5.41) is 0. The van der Waals surface area contributed by atoms with E-state index in [1.54, 1.807) is 0 Å². The Morgan fingerprint density at radius 3 is 2.76 bits per heavy atom. The van der Waals surface area contributed by atoms with Crippen LogP contribution in [0.4, 0.5) is 0 Å². The summed E-state index contributed by atoms with van der Waals surface area (Å²) >= 11 is 0. The maximum absolute atomic E-state index is 6.08. The van der Waals surface area contributed by atoms with Gasteiger partial charge in [0.05, 0.1) is 6.10 Å². The van der Waals surface area contributed by atoms with Gasteiger partial charge in [-0.1, -0.05) is 69.5 Å². The van der Waals surface area contributed by atoms with Crippen molar-refractivity contribution in [3.63, 3.8) is 0 Å². The topological polar surface area (TPSA) is 18.5 Å². The molecule has 1 aliphatic rings. The molecule has 0 amide bonds. The Kier molecular flexibility index (Phi) is 6.81. The minimum absolute atomic E-state index is 0.123. The lowest BCUT2D eigenvalue weighted by Gasteiger charge is -2.31. The van der Waals surface area contributed by atoms with Gasteiger partial charge in [0.1, 0.15) is 5.76 Å². The van der Waals surface area contributed by atoms with E-state index in [4.69, 9.17) is 9.47 Å². The maximum Gasteiger partial charge on any atom is 0.200 e. The third kappa shape index (κ3) is 5.55. The fourth-order valence-corrected chi connectivity index (χ4v) is 2.81. The minimum atomic E-state index is -0.123. The molecule has 2 heteroatoms. The predicted octanol–water partition coefficient (Wildman–Crippen LogP) is 5.54. The van der Waals surface area contributed by atoms with Crippen molar-refractivity contribution in [2.45, 2.75) is 70.7 Å². The van der Waals surface area contributed by atoms with Gasteiger partial charge in [0.15, 0.2) is 6.29 Å². The third-order valence-corrected chi connectivity index (χ3v) is 4.06. The van der Waals surface area contributed by atoms with Crippen molar-refractivity contribution in [1.29, 1.82) is 0 Å². The summed E-state index contributed by atoms with van der Waals surface area (Å²) in [6.45, 7) is 6.27. The van der Waals surface area contributed by atoms with Gasteiger partial charge in [-0.25, -0.2) is 0 Å². The smallest absolute Gasteiger partial charge is 0.200 e. The molecule has 21 heavy (non-hydrogen) atoms. The Balaban J connectivity index is 1.74. The van der Waals surface area contributed by atoms with E-state index in [0.717, 1.165) is 18.4 Å². The molecule has 0 aliphatic carbocycles. The average molecular weight is 288 g/mol. The lowest BCUT2D eigenvalue weighted by molar-refractivity contribution is -0.161. The minimum Gasteiger partial charge on any atom is -0.465 e. The van der Waals surface area contributed by atoms with Crippen LogP contribution in [0.25, 0.3) is 5.76 Å². The van der Waals surface area contributed by atoms with Crippen LogP contribution in [-0.2, 0) is 9.47 Å². The molecule has 0 N–H and O–H groups in total. The van der Waals surface area contributed by atoms with Gasteiger partial charge in [0.2, 0.25) is 0 Å². The maximum atomic E-state index is 6.08. The van der Waals surface area contributed by atoms with Crippen molar-refractivity contribution >= 4 is 5.76 Å². The monoisotopic (exact) mass is 288 g/mol. The molecule has 1 aromatic rings. The molecule has 1 fully saturated rings. The van der Waals surface area contributed by atoms with E-state index in [1.165, 1.54) is 38.5 Å². The first-order valence-electron chi connectivity index (χ1n) is 8.36. The summed E-state index contributed by atoms with van der Waals surface area (Å²) < 4.78 is 12.0. The molecule has 116 valence electrons. The number of benzene rings is 1. The van der Waals surface area contributed by atoms with Gasteiger partial charge < -0.3 is 9.47 Å². The van der Waals surface area contributed by atoms with Crippen LogP contribution in [0.1, 0.15) is 63.9 Å². The highest BCUT2D eigenvalue weighted by Crippen LogP contribution is 2.27. The molecule has 0 bridgehead atoms. The molecule has 0 aromatic heterocycles. The molecule has 0 spiro atoms.